The molecule has 218 valence electrons. The van der Waals surface area contributed by atoms with Gasteiger partial charge in [0.25, 0.3) is 0 Å². The molecule has 0 radical (unpaired) electrons. The summed E-state index contributed by atoms with van der Waals surface area (Å²) < 4.78 is 11.2. The average molecular weight is 785 g/mol. The third-order valence-electron chi connectivity index (χ3n) is 6.51. The summed E-state index contributed by atoms with van der Waals surface area (Å²) in [7, 11) is 0. The second-order valence-electron chi connectivity index (χ2n) is 9.79. The Bertz CT molecular complexity index is 795. The fraction of sp³-hybridized carbons (Fsp3) is 0.533. The van der Waals surface area contributed by atoms with Crippen molar-refractivity contribution in [1.82, 2.24) is 0 Å². The maximum absolute atomic E-state index is 10.1. The molecule has 4 nitrogen and oxygen atoms in total. The Kier molecular flexibility index (Phi) is 19.8. The molecule has 2 N–H and O–H groups in total. The van der Waals surface area contributed by atoms with Crippen LogP contribution in [0.15, 0.2) is 60.7 Å². The van der Waals surface area contributed by atoms with Crippen LogP contribution in [0.4, 0.5) is 0 Å². The molecule has 0 saturated heterocycles. The molecular weight excluding hydrogens is 745 g/mol. The smallest absolute Gasteiger partial charge is 0.0754 e. The molecule has 2 fully saturated rings. The van der Waals surface area contributed by atoms with Crippen LogP contribution in [0.2, 0.25) is 0 Å². The SMILES string of the molecule is OC1C(Cl)CC(Cl)CC1COCCOCC1CC(Cl)CC(Cl)C1O.[CH2-]c1ccccc1.[CH2-]c1ccccc1.[Hf]. The number of aliphatic hydroxyl groups is 2. The normalized spacial score (nSPS) is 30.0. The Balaban J connectivity index is 0.000000410. The summed E-state index contributed by atoms with van der Waals surface area (Å²) in [5, 5.41) is 19.4. The van der Waals surface area contributed by atoms with Gasteiger partial charge in [-0.1, -0.05) is 12.1 Å². The van der Waals surface area contributed by atoms with Crippen molar-refractivity contribution in [3.8, 4) is 0 Å². The molecule has 0 bridgehead atoms. The van der Waals surface area contributed by atoms with Crippen molar-refractivity contribution >= 4 is 46.4 Å². The third-order valence-corrected chi connectivity index (χ3v) is 8.09. The monoisotopic (exact) mass is 784 g/mol. The van der Waals surface area contributed by atoms with Gasteiger partial charge >= 0.3 is 0 Å². The summed E-state index contributed by atoms with van der Waals surface area (Å²) in [4.78, 5) is 0. The molecule has 39 heavy (non-hydrogen) atoms. The molecule has 2 aliphatic carbocycles. The van der Waals surface area contributed by atoms with E-state index in [1.54, 1.807) is 0 Å². The first-order chi connectivity index (χ1) is 18.2. The summed E-state index contributed by atoms with van der Waals surface area (Å²) in [5.41, 5.74) is 2.14. The number of alkyl halides is 4. The van der Waals surface area contributed by atoms with Crippen LogP contribution in [0.5, 0.6) is 0 Å². The first-order valence-electron chi connectivity index (χ1n) is 13.0. The summed E-state index contributed by atoms with van der Waals surface area (Å²) in [6, 6.07) is 19.7. The largest absolute Gasteiger partial charge is 0.391 e. The molecular formula is C30H40Cl4HfO4-2. The van der Waals surface area contributed by atoms with Gasteiger partial charge in [-0.2, -0.15) is 49.2 Å². The van der Waals surface area contributed by atoms with Crippen molar-refractivity contribution in [2.75, 3.05) is 26.4 Å². The van der Waals surface area contributed by atoms with E-state index < -0.39 is 12.2 Å². The van der Waals surface area contributed by atoms with E-state index in [2.05, 4.69) is 13.8 Å². The van der Waals surface area contributed by atoms with Gasteiger partial charge in [0.05, 0.1) is 49.4 Å². The number of halogens is 4. The van der Waals surface area contributed by atoms with Crippen molar-refractivity contribution in [2.45, 2.75) is 59.4 Å². The minimum atomic E-state index is -0.582. The number of ether oxygens (including phenoxy) is 2. The van der Waals surface area contributed by atoms with Crippen molar-refractivity contribution in [3.05, 3.63) is 85.6 Å². The number of hydrogen-bond donors (Lipinski definition) is 2. The molecule has 0 spiro atoms. The van der Waals surface area contributed by atoms with Gasteiger partial charge in [0.15, 0.2) is 0 Å². The fourth-order valence-electron chi connectivity index (χ4n) is 4.36. The molecule has 4 rings (SSSR count). The number of benzene rings is 2. The second-order valence-corrected chi connectivity index (χ2v) is 12.1. The van der Waals surface area contributed by atoms with E-state index in [1.165, 1.54) is 0 Å². The molecule has 9 heteroatoms. The second kappa shape index (κ2) is 20.9. The molecule has 2 aliphatic rings. The van der Waals surface area contributed by atoms with Crippen LogP contribution in [-0.2, 0) is 35.3 Å². The maximum atomic E-state index is 10.1. The summed E-state index contributed by atoms with van der Waals surface area (Å²) in [5.74, 6) is -0.0872. The van der Waals surface area contributed by atoms with Crippen molar-refractivity contribution in [1.29, 1.82) is 0 Å². The van der Waals surface area contributed by atoms with E-state index in [-0.39, 0.29) is 59.2 Å². The topological polar surface area (TPSA) is 58.9 Å². The van der Waals surface area contributed by atoms with Gasteiger partial charge < -0.3 is 19.7 Å². The maximum Gasteiger partial charge on any atom is 0.0754 e. The Labute approximate surface area is 273 Å². The third kappa shape index (κ3) is 15.2. The molecule has 0 amide bonds. The van der Waals surface area contributed by atoms with Crippen LogP contribution in [0.3, 0.4) is 0 Å². The van der Waals surface area contributed by atoms with Crippen LogP contribution in [0.1, 0.15) is 36.8 Å². The van der Waals surface area contributed by atoms with E-state index in [9.17, 15) is 10.2 Å². The number of hydrogen-bond acceptors (Lipinski definition) is 4. The standard InChI is InChI=1S/C16H26Cl4O4.2C7H7.Hf/c17-11-3-9(15(21)13(19)5-11)7-23-1-2-24-8-10-4-12(18)6-14(20)16(10)22;2*1-7-5-3-2-4-6-7;/h9-16,21-22H,1-8H2;2*2-6H,1H2;/q;2*-1;. The van der Waals surface area contributed by atoms with Gasteiger partial charge in [0.1, 0.15) is 0 Å². The van der Waals surface area contributed by atoms with Crippen molar-refractivity contribution in [3.63, 3.8) is 0 Å². The Morgan fingerprint density at radius 1 is 0.615 bits per heavy atom. The summed E-state index contributed by atoms with van der Waals surface area (Å²) in [6.07, 6.45) is 1.49. The van der Waals surface area contributed by atoms with Crippen molar-refractivity contribution < 1.29 is 45.5 Å². The zero-order valence-electron chi connectivity index (χ0n) is 22.2. The Morgan fingerprint density at radius 2 is 0.949 bits per heavy atom. The predicted molar refractivity (Wildman–Crippen MR) is 159 cm³/mol. The van der Waals surface area contributed by atoms with Crippen molar-refractivity contribution in [2.24, 2.45) is 11.8 Å². The van der Waals surface area contributed by atoms with Gasteiger partial charge in [-0.15, -0.1) is 70.7 Å². The summed E-state index contributed by atoms with van der Waals surface area (Å²) in [6.45, 7) is 9.10. The van der Waals surface area contributed by atoms with Crippen LogP contribution in [0.25, 0.3) is 0 Å². The van der Waals surface area contributed by atoms with Gasteiger partial charge in [0, 0.05) is 48.4 Å². The molecule has 8 atom stereocenters. The quantitative estimate of drug-likeness (QED) is 0.142. The molecule has 2 aromatic carbocycles. The molecule has 2 aromatic rings. The Hall–Kier alpha value is 0.0501. The number of rotatable bonds is 7. The van der Waals surface area contributed by atoms with Crippen LogP contribution >= 0.6 is 46.4 Å². The van der Waals surface area contributed by atoms with Crippen LogP contribution in [-0.4, -0.2) is 70.4 Å². The zero-order chi connectivity index (χ0) is 27.9. The molecule has 0 aromatic heterocycles. The molecule has 0 aliphatic heterocycles. The van der Waals surface area contributed by atoms with E-state index in [0.717, 1.165) is 11.1 Å². The Morgan fingerprint density at radius 3 is 1.23 bits per heavy atom. The van der Waals surface area contributed by atoms with Crippen LogP contribution < -0.4 is 0 Å². The molecule has 8 unspecified atom stereocenters. The van der Waals surface area contributed by atoms with E-state index in [4.69, 9.17) is 55.9 Å². The zero-order valence-corrected chi connectivity index (χ0v) is 28.8. The number of aliphatic hydroxyl groups excluding tert-OH is 2. The minimum Gasteiger partial charge on any atom is -0.391 e. The first-order valence-corrected chi connectivity index (χ1v) is 14.7. The van der Waals surface area contributed by atoms with Gasteiger partial charge in [-0.3, -0.25) is 0 Å². The van der Waals surface area contributed by atoms with Gasteiger partial charge in [0.2, 0.25) is 0 Å². The predicted octanol–water partition coefficient (Wildman–Crippen LogP) is 6.73. The average Bonchev–Trinajstić information content (AvgIpc) is 2.88. The minimum absolute atomic E-state index is 0. The van der Waals surface area contributed by atoms with E-state index in [0.29, 0.717) is 52.1 Å². The van der Waals surface area contributed by atoms with E-state index >= 15 is 0 Å². The fourth-order valence-corrected chi connectivity index (χ4v) is 6.23. The molecule has 0 heterocycles. The summed E-state index contributed by atoms with van der Waals surface area (Å²) >= 11 is 24.4. The van der Waals surface area contributed by atoms with Gasteiger partial charge in [-0.05, 0) is 25.7 Å². The van der Waals surface area contributed by atoms with Gasteiger partial charge in [-0.25, -0.2) is 0 Å². The van der Waals surface area contributed by atoms with E-state index in [1.807, 2.05) is 60.7 Å². The first kappa shape index (κ1) is 37.1. The molecule has 2 saturated carbocycles. The van der Waals surface area contributed by atoms with Crippen LogP contribution in [0, 0.1) is 25.7 Å².